The van der Waals surface area contributed by atoms with E-state index in [1.165, 1.54) is 26.1 Å². The van der Waals surface area contributed by atoms with Crippen molar-refractivity contribution in [2.45, 2.75) is 12.5 Å². The molecule has 9 nitrogen and oxygen atoms in total. The molecule has 2 aromatic carbocycles. The normalized spacial score (nSPS) is 15.7. The van der Waals surface area contributed by atoms with Gasteiger partial charge in [-0.2, -0.15) is 0 Å². The molecule has 0 radical (unpaired) electrons. The van der Waals surface area contributed by atoms with Gasteiger partial charge in [0.15, 0.2) is 23.0 Å². The molecule has 1 aliphatic heterocycles. The van der Waals surface area contributed by atoms with Crippen molar-refractivity contribution in [2.24, 2.45) is 0 Å². The summed E-state index contributed by atoms with van der Waals surface area (Å²) in [7, 11) is 4.49. The number of hydrogen-bond acceptors (Lipinski definition) is 8. The maximum Gasteiger partial charge on any atom is 0.217 e. The zero-order valence-electron chi connectivity index (χ0n) is 17.6. The summed E-state index contributed by atoms with van der Waals surface area (Å²) in [5.41, 5.74) is 1.25. The van der Waals surface area contributed by atoms with Gasteiger partial charge in [-0.1, -0.05) is 18.2 Å². The summed E-state index contributed by atoms with van der Waals surface area (Å²) in [6.45, 7) is 0.979. The van der Waals surface area contributed by atoms with Gasteiger partial charge in [0, 0.05) is 18.7 Å². The van der Waals surface area contributed by atoms with Crippen molar-refractivity contribution in [3.05, 3.63) is 53.7 Å². The molecule has 1 N–H and O–H groups in total. The number of methoxy groups -OCH3 is 3. The number of hydrogen-bond donors (Lipinski definition) is 1. The van der Waals surface area contributed by atoms with Crippen LogP contribution in [0.5, 0.6) is 17.2 Å². The number of β-amino-alcohol motifs (C(OH)–C–C–N with tert-alkyl or cyclic N) is 1. The molecule has 0 unspecified atom stereocenters. The molecule has 1 saturated heterocycles. The van der Waals surface area contributed by atoms with Crippen LogP contribution in [0, 0.1) is 0 Å². The third-order valence-electron chi connectivity index (χ3n) is 5.19. The summed E-state index contributed by atoms with van der Waals surface area (Å²) >= 11 is 0. The number of aliphatic hydroxyl groups is 1. The molecule has 4 rings (SSSR count). The number of nitrogens with zero attached hydrogens (tertiary/aromatic N) is 4. The lowest BCUT2D eigenvalue weighted by Crippen LogP contribution is -2.24. The first-order valence-corrected chi connectivity index (χ1v) is 9.86. The lowest BCUT2D eigenvalue weighted by Gasteiger charge is -2.16. The molecule has 1 fully saturated rings. The Hall–Kier alpha value is -3.59. The Morgan fingerprint density at radius 2 is 1.71 bits per heavy atom. The standard InChI is InChI=1S/C22H24N4O5/c1-29-17-11-14(12-18(30-2)21(17)31-3)20(28)19-22(25-10-9-16(27)13-25)24-26(23-19)15-7-5-4-6-8-15/h4-8,11-12,16,27H,9-10,13H2,1-3H3/t16-/m0/s1. The lowest BCUT2D eigenvalue weighted by atomic mass is 10.1. The van der Waals surface area contributed by atoms with Crippen LogP contribution in [-0.2, 0) is 0 Å². The number of carbonyl (C=O) groups excluding carboxylic acids is 1. The number of aromatic nitrogens is 3. The molecule has 0 spiro atoms. The second kappa shape index (κ2) is 8.65. The SMILES string of the molecule is COc1cc(C(=O)c2nn(-c3ccccc3)nc2N2CC[C@H](O)C2)cc(OC)c1OC. The van der Waals surface area contributed by atoms with Crippen LogP contribution in [0.25, 0.3) is 5.69 Å². The summed E-state index contributed by atoms with van der Waals surface area (Å²) in [5, 5.41) is 19.1. The fourth-order valence-corrected chi connectivity index (χ4v) is 3.62. The van der Waals surface area contributed by atoms with E-state index in [0.29, 0.717) is 48.1 Å². The Kier molecular flexibility index (Phi) is 5.77. The van der Waals surface area contributed by atoms with Crippen LogP contribution >= 0.6 is 0 Å². The number of ether oxygens (including phenoxy) is 3. The number of rotatable bonds is 7. The quantitative estimate of drug-likeness (QED) is 0.576. The van der Waals surface area contributed by atoms with E-state index in [1.807, 2.05) is 35.2 Å². The number of aliphatic hydroxyl groups excluding tert-OH is 1. The number of ketones is 1. The molecule has 3 aromatic rings. The summed E-state index contributed by atoms with van der Waals surface area (Å²) < 4.78 is 16.1. The van der Waals surface area contributed by atoms with Crippen molar-refractivity contribution < 1.29 is 24.1 Å². The van der Waals surface area contributed by atoms with Crippen molar-refractivity contribution in [3.63, 3.8) is 0 Å². The molecule has 0 bridgehead atoms. The third-order valence-corrected chi connectivity index (χ3v) is 5.19. The molecule has 0 saturated carbocycles. The molecule has 0 amide bonds. The molecule has 1 atom stereocenters. The predicted octanol–water partition coefficient (Wildman–Crippen LogP) is 2.10. The molecule has 1 aliphatic rings. The fourth-order valence-electron chi connectivity index (χ4n) is 3.62. The predicted molar refractivity (Wildman–Crippen MR) is 114 cm³/mol. The minimum atomic E-state index is -0.467. The largest absolute Gasteiger partial charge is 0.493 e. The smallest absolute Gasteiger partial charge is 0.217 e. The van der Waals surface area contributed by atoms with Gasteiger partial charge in [0.1, 0.15) is 0 Å². The van der Waals surface area contributed by atoms with Gasteiger partial charge in [-0.25, -0.2) is 0 Å². The fraction of sp³-hybridized carbons (Fsp3) is 0.318. The maximum atomic E-state index is 13.5. The lowest BCUT2D eigenvalue weighted by molar-refractivity contribution is 0.103. The average molecular weight is 424 g/mol. The van der Waals surface area contributed by atoms with Crippen LogP contribution in [-0.4, -0.2) is 66.4 Å². The minimum Gasteiger partial charge on any atom is -0.493 e. The molecule has 0 aliphatic carbocycles. The highest BCUT2D eigenvalue weighted by molar-refractivity contribution is 6.11. The highest BCUT2D eigenvalue weighted by Crippen LogP contribution is 2.39. The van der Waals surface area contributed by atoms with Crippen LogP contribution in [0.2, 0.25) is 0 Å². The number of carbonyl (C=O) groups is 1. The van der Waals surface area contributed by atoms with Gasteiger partial charge in [0.2, 0.25) is 11.5 Å². The molecular weight excluding hydrogens is 400 g/mol. The van der Waals surface area contributed by atoms with Crippen molar-refractivity contribution >= 4 is 11.6 Å². The Morgan fingerprint density at radius 1 is 1.03 bits per heavy atom. The Morgan fingerprint density at radius 3 is 2.26 bits per heavy atom. The summed E-state index contributed by atoms with van der Waals surface area (Å²) in [6, 6.07) is 12.5. The first-order chi connectivity index (χ1) is 15.0. The van der Waals surface area contributed by atoms with Crippen LogP contribution in [0.1, 0.15) is 22.5 Å². The van der Waals surface area contributed by atoms with E-state index in [4.69, 9.17) is 14.2 Å². The zero-order chi connectivity index (χ0) is 22.0. The molecular formula is C22H24N4O5. The zero-order valence-corrected chi connectivity index (χ0v) is 17.6. The van der Waals surface area contributed by atoms with Gasteiger partial charge in [0.25, 0.3) is 0 Å². The Labute approximate surface area is 179 Å². The van der Waals surface area contributed by atoms with Gasteiger partial charge in [-0.15, -0.1) is 15.0 Å². The minimum absolute atomic E-state index is 0.187. The molecule has 162 valence electrons. The van der Waals surface area contributed by atoms with Crippen LogP contribution in [0.4, 0.5) is 5.82 Å². The molecule has 9 heteroatoms. The van der Waals surface area contributed by atoms with Crippen molar-refractivity contribution in [3.8, 4) is 22.9 Å². The number of benzene rings is 2. The topological polar surface area (TPSA) is 98.9 Å². The van der Waals surface area contributed by atoms with E-state index < -0.39 is 6.10 Å². The molecule has 1 aromatic heterocycles. The first kappa shape index (κ1) is 20.7. The van der Waals surface area contributed by atoms with Gasteiger partial charge < -0.3 is 24.2 Å². The maximum absolute atomic E-state index is 13.5. The molecule has 31 heavy (non-hydrogen) atoms. The van der Waals surface area contributed by atoms with E-state index in [1.54, 1.807) is 12.1 Å². The van der Waals surface area contributed by atoms with Gasteiger partial charge in [0.05, 0.1) is 33.1 Å². The molecule has 2 heterocycles. The summed E-state index contributed by atoms with van der Waals surface area (Å²) in [5.74, 6) is 1.24. The Balaban J connectivity index is 1.81. The summed E-state index contributed by atoms with van der Waals surface area (Å²) in [4.78, 5) is 16.8. The van der Waals surface area contributed by atoms with Gasteiger partial charge >= 0.3 is 0 Å². The number of para-hydroxylation sites is 1. The highest BCUT2D eigenvalue weighted by Gasteiger charge is 2.30. The third kappa shape index (κ3) is 3.91. The van der Waals surface area contributed by atoms with Gasteiger partial charge in [-0.3, -0.25) is 4.79 Å². The monoisotopic (exact) mass is 424 g/mol. The highest BCUT2D eigenvalue weighted by atomic mass is 16.5. The van der Waals surface area contributed by atoms with Crippen molar-refractivity contribution in [2.75, 3.05) is 39.3 Å². The summed E-state index contributed by atoms with van der Waals surface area (Å²) in [6.07, 6.45) is 0.140. The second-order valence-corrected chi connectivity index (χ2v) is 7.13. The number of anilines is 1. The van der Waals surface area contributed by atoms with Crippen LogP contribution in [0.3, 0.4) is 0 Å². The van der Waals surface area contributed by atoms with E-state index in [9.17, 15) is 9.90 Å². The first-order valence-electron chi connectivity index (χ1n) is 9.86. The average Bonchev–Trinajstić information content (AvgIpc) is 3.44. The van der Waals surface area contributed by atoms with Crippen molar-refractivity contribution in [1.82, 2.24) is 15.0 Å². The van der Waals surface area contributed by atoms with E-state index >= 15 is 0 Å². The van der Waals surface area contributed by atoms with Crippen LogP contribution < -0.4 is 19.1 Å². The van der Waals surface area contributed by atoms with E-state index in [-0.39, 0.29) is 11.5 Å². The van der Waals surface area contributed by atoms with E-state index in [0.717, 1.165) is 5.69 Å². The Bertz CT molecular complexity index is 1060. The van der Waals surface area contributed by atoms with Crippen LogP contribution in [0.15, 0.2) is 42.5 Å². The second-order valence-electron chi connectivity index (χ2n) is 7.13. The van der Waals surface area contributed by atoms with E-state index in [2.05, 4.69) is 10.2 Å². The van der Waals surface area contributed by atoms with Gasteiger partial charge in [-0.05, 0) is 30.7 Å². The van der Waals surface area contributed by atoms with Crippen molar-refractivity contribution in [1.29, 1.82) is 0 Å².